The molecule has 1 N–H and O–H groups in total. The molecule has 9 heteroatoms. The molecule has 0 aromatic heterocycles. The number of hydrogen-bond donors (Lipinski definition) is 1. The van der Waals surface area contributed by atoms with Gasteiger partial charge >= 0.3 is 0 Å². The molecule has 3 rings (SSSR count). The molecule has 1 saturated heterocycles. The van der Waals surface area contributed by atoms with Crippen LogP contribution in [0.3, 0.4) is 0 Å². The number of piperazine rings is 1. The van der Waals surface area contributed by atoms with Crippen molar-refractivity contribution in [3.05, 3.63) is 63.2 Å². The first-order valence-corrected chi connectivity index (χ1v) is 10.5. The molecule has 1 heterocycles. The Kier molecular flexibility index (Phi) is 7.12. The third-order valence-electron chi connectivity index (χ3n) is 5.17. The standard InChI is InChI=1S/C22H25ClN4O4/c1-15(2)22(29)26-12-10-25(11-13-26)21-18(23)4-3-5-19(21)24-20(28)14-16-6-8-17(9-7-16)27(30)31/h3-9,15H,10-14H2,1-2H3,(H,24,28). The van der Waals surface area contributed by atoms with Gasteiger partial charge in [0.15, 0.2) is 0 Å². The molecular formula is C22H25ClN4O4. The number of nitro groups is 1. The van der Waals surface area contributed by atoms with Gasteiger partial charge < -0.3 is 15.1 Å². The Balaban J connectivity index is 1.69. The van der Waals surface area contributed by atoms with Crippen molar-refractivity contribution in [2.75, 3.05) is 36.4 Å². The molecule has 2 aromatic carbocycles. The summed E-state index contributed by atoms with van der Waals surface area (Å²) in [7, 11) is 0. The van der Waals surface area contributed by atoms with Crippen molar-refractivity contribution in [2.24, 2.45) is 5.92 Å². The zero-order valence-electron chi connectivity index (χ0n) is 17.5. The fourth-order valence-corrected chi connectivity index (χ4v) is 3.86. The summed E-state index contributed by atoms with van der Waals surface area (Å²) in [5, 5.41) is 14.2. The zero-order valence-corrected chi connectivity index (χ0v) is 18.3. The lowest BCUT2D eigenvalue weighted by atomic mass is 10.1. The number of amides is 2. The average Bonchev–Trinajstić information content (AvgIpc) is 2.74. The van der Waals surface area contributed by atoms with Gasteiger partial charge in [0, 0.05) is 44.2 Å². The number of halogens is 1. The maximum Gasteiger partial charge on any atom is 0.269 e. The fourth-order valence-electron chi connectivity index (χ4n) is 3.57. The van der Waals surface area contributed by atoms with Crippen molar-refractivity contribution in [1.29, 1.82) is 0 Å². The maximum atomic E-state index is 12.6. The van der Waals surface area contributed by atoms with Crippen molar-refractivity contribution in [1.82, 2.24) is 4.90 Å². The Labute approximate surface area is 185 Å². The summed E-state index contributed by atoms with van der Waals surface area (Å²) >= 11 is 6.47. The van der Waals surface area contributed by atoms with Crippen molar-refractivity contribution in [3.8, 4) is 0 Å². The Bertz CT molecular complexity index is 970. The third kappa shape index (κ3) is 5.52. The van der Waals surface area contributed by atoms with Crippen molar-refractivity contribution in [2.45, 2.75) is 20.3 Å². The summed E-state index contributed by atoms with van der Waals surface area (Å²) in [5.41, 5.74) is 1.99. The predicted molar refractivity (Wildman–Crippen MR) is 121 cm³/mol. The summed E-state index contributed by atoms with van der Waals surface area (Å²) in [6.07, 6.45) is 0.0839. The zero-order chi connectivity index (χ0) is 22.5. The number of nitrogens with one attached hydrogen (secondary N) is 1. The minimum absolute atomic E-state index is 0.0172. The molecule has 0 unspecified atom stereocenters. The van der Waals surface area contributed by atoms with E-state index in [2.05, 4.69) is 10.2 Å². The quantitative estimate of drug-likeness (QED) is 0.541. The van der Waals surface area contributed by atoms with E-state index in [-0.39, 0.29) is 29.8 Å². The van der Waals surface area contributed by atoms with E-state index in [1.807, 2.05) is 18.7 Å². The molecule has 31 heavy (non-hydrogen) atoms. The predicted octanol–water partition coefficient (Wildman–Crippen LogP) is 3.73. The lowest BCUT2D eigenvalue weighted by molar-refractivity contribution is -0.384. The minimum atomic E-state index is -0.476. The summed E-state index contributed by atoms with van der Waals surface area (Å²) in [6.45, 7) is 6.21. The van der Waals surface area contributed by atoms with Crippen LogP contribution in [0, 0.1) is 16.0 Å². The van der Waals surface area contributed by atoms with Crippen LogP contribution in [-0.4, -0.2) is 47.8 Å². The van der Waals surface area contributed by atoms with Crippen LogP contribution in [-0.2, 0) is 16.0 Å². The van der Waals surface area contributed by atoms with Gasteiger partial charge in [0.1, 0.15) is 0 Å². The van der Waals surface area contributed by atoms with Gasteiger partial charge in [-0.15, -0.1) is 0 Å². The largest absolute Gasteiger partial charge is 0.365 e. The van der Waals surface area contributed by atoms with E-state index in [0.717, 1.165) is 5.69 Å². The Morgan fingerprint density at radius 2 is 1.74 bits per heavy atom. The van der Waals surface area contributed by atoms with Gasteiger partial charge in [0.05, 0.1) is 27.7 Å². The topological polar surface area (TPSA) is 95.8 Å². The molecule has 1 aliphatic rings. The van der Waals surface area contributed by atoms with Crippen molar-refractivity contribution < 1.29 is 14.5 Å². The number of nitrogens with zero attached hydrogens (tertiary/aromatic N) is 3. The highest BCUT2D eigenvalue weighted by Crippen LogP contribution is 2.34. The second kappa shape index (κ2) is 9.78. The number of carbonyl (C=O) groups is 2. The highest BCUT2D eigenvalue weighted by molar-refractivity contribution is 6.34. The Morgan fingerprint density at radius 3 is 2.32 bits per heavy atom. The lowest BCUT2D eigenvalue weighted by Gasteiger charge is -2.38. The lowest BCUT2D eigenvalue weighted by Crippen LogP contribution is -2.50. The summed E-state index contributed by atoms with van der Waals surface area (Å²) < 4.78 is 0. The van der Waals surface area contributed by atoms with Crippen LogP contribution in [0.2, 0.25) is 5.02 Å². The van der Waals surface area contributed by atoms with Crippen LogP contribution in [0.15, 0.2) is 42.5 Å². The van der Waals surface area contributed by atoms with Gasteiger partial charge in [-0.25, -0.2) is 0 Å². The third-order valence-corrected chi connectivity index (χ3v) is 5.48. The molecule has 2 amide bonds. The Morgan fingerprint density at radius 1 is 1.10 bits per heavy atom. The normalized spacial score (nSPS) is 13.9. The number of hydrogen-bond acceptors (Lipinski definition) is 5. The molecule has 164 valence electrons. The number of carbonyl (C=O) groups excluding carboxylic acids is 2. The van der Waals surface area contributed by atoms with Crippen LogP contribution in [0.25, 0.3) is 0 Å². The monoisotopic (exact) mass is 444 g/mol. The Hall–Kier alpha value is -3.13. The van der Waals surface area contributed by atoms with E-state index >= 15 is 0 Å². The molecule has 0 saturated carbocycles. The van der Waals surface area contributed by atoms with Gasteiger partial charge in [0.25, 0.3) is 5.69 Å². The van der Waals surface area contributed by atoms with Crippen LogP contribution in [0.5, 0.6) is 0 Å². The molecule has 0 spiro atoms. The highest BCUT2D eigenvalue weighted by Gasteiger charge is 2.25. The molecule has 8 nitrogen and oxygen atoms in total. The van der Waals surface area contributed by atoms with Crippen LogP contribution < -0.4 is 10.2 Å². The first-order chi connectivity index (χ1) is 14.8. The number of nitro benzene ring substituents is 1. The van der Waals surface area contributed by atoms with Crippen LogP contribution in [0.1, 0.15) is 19.4 Å². The van der Waals surface area contributed by atoms with Gasteiger partial charge in [0.2, 0.25) is 11.8 Å². The first-order valence-electron chi connectivity index (χ1n) is 10.1. The maximum absolute atomic E-state index is 12.6. The second-order valence-electron chi connectivity index (χ2n) is 7.75. The highest BCUT2D eigenvalue weighted by atomic mass is 35.5. The molecule has 0 bridgehead atoms. The first kappa shape index (κ1) is 22.6. The minimum Gasteiger partial charge on any atom is -0.365 e. The fraction of sp³-hybridized carbons (Fsp3) is 0.364. The van der Waals surface area contributed by atoms with E-state index < -0.39 is 4.92 Å². The molecular weight excluding hydrogens is 420 g/mol. The van der Waals surface area contributed by atoms with Gasteiger partial charge in [-0.1, -0.05) is 43.6 Å². The van der Waals surface area contributed by atoms with Crippen molar-refractivity contribution >= 4 is 40.5 Å². The van der Waals surface area contributed by atoms with Crippen LogP contribution >= 0.6 is 11.6 Å². The van der Waals surface area contributed by atoms with E-state index in [1.165, 1.54) is 12.1 Å². The molecule has 0 atom stereocenters. The number of anilines is 2. The summed E-state index contributed by atoms with van der Waals surface area (Å²) in [5.74, 6) is -0.150. The van der Waals surface area contributed by atoms with Crippen LogP contribution in [0.4, 0.5) is 17.1 Å². The van der Waals surface area contributed by atoms with Crippen molar-refractivity contribution in [3.63, 3.8) is 0 Å². The van der Waals surface area contributed by atoms with E-state index in [1.54, 1.807) is 30.3 Å². The van der Waals surface area contributed by atoms with Gasteiger partial charge in [-0.2, -0.15) is 0 Å². The second-order valence-corrected chi connectivity index (χ2v) is 8.16. The molecule has 1 aliphatic heterocycles. The molecule has 0 radical (unpaired) electrons. The number of rotatable bonds is 6. The summed E-state index contributed by atoms with van der Waals surface area (Å²) in [4.78, 5) is 39.1. The number of benzene rings is 2. The number of para-hydroxylation sites is 1. The van der Waals surface area contributed by atoms with Gasteiger partial charge in [-0.3, -0.25) is 19.7 Å². The van der Waals surface area contributed by atoms with Gasteiger partial charge in [-0.05, 0) is 17.7 Å². The summed E-state index contributed by atoms with van der Waals surface area (Å²) in [6, 6.07) is 11.2. The van der Waals surface area contributed by atoms with E-state index in [4.69, 9.17) is 11.6 Å². The average molecular weight is 445 g/mol. The molecule has 0 aliphatic carbocycles. The SMILES string of the molecule is CC(C)C(=O)N1CCN(c2c(Cl)cccc2NC(=O)Cc2ccc([N+](=O)[O-])cc2)CC1. The molecule has 1 fully saturated rings. The smallest absolute Gasteiger partial charge is 0.269 e. The molecule has 2 aromatic rings. The number of non-ortho nitro benzene ring substituents is 1. The van der Waals surface area contributed by atoms with E-state index in [0.29, 0.717) is 42.5 Å². The van der Waals surface area contributed by atoms with E-state index in [9.17, 15) is 19.7 Å².